The average molecular weight is 435 g/mol. The second kappa shape index (κ2) is 11.2. The van der Waals surface area contributed by atoms with Crippen LogP contribution >= 0.6 is 0 Å². The number of benzene rings is 2. The second-order valence-electron chi connectivity index (χ2n) is 7.93. The first kappa shape index (κ1) is 23.2. The number of nitrogens with one attached hydrogen (secondary N) is 2. The topological polar surface area (TPSA) is 121 Å². The van der Waals surface area contributed by atoms with Crippen molar-refractivity contribution in [3.8, 4) is 5.75 Å². The number of carbonyl (C=O) groups excluding carboxylic acids is 1. The van der Waals surface area contributed by atoms with Crippen LogP contribution in [0.3, 0.4) is 0 Å². The van der Waals surface area contributed by atoms with Gasteiger partial charge in [-0.05, 0) is 62.3 Å². The fraction of sp³-hybridized carbons (Fsp3) is 0.320. The van der Waals surface area contributed by atoms with E-state index in [9.17, 15) is 14.7 Å². The van der Waals surface area contributed by atoms with E-state index in [-0.39, 0.29) is 17.2 Å². The van der Waals surface area contributed by atoms with Gasteiger partial charge in [0.1, 0.15) is 11.4 Å². The van der Waals surface area contributed by atoms with Crippen molar-refractivity contribution in [3.05, 3.63) is 93.2 Å². The van der Waals surface area contributed by atoms with E-state index < -0.39 is 6.04 Å². The minimum atomic E-state index is -0.674. The maximum atomic E-state index is 12.4. The molecule has 7 nitrogen and oxygen atoms in total. The molecule has 1 heterocycles. The standard InChI is InChI=1S/C25H30N4O3/c1-17-22(14-11-18-6-3-2-4-7-18)29-25(32)23(28-17)8-5-15-27-24(31)21(26)16-19-9-12-20(30)13-10-19/h2-4,6-7,9-10,12-13,21,30H,5,8,11,14-16,26H2,1H3,(H,27,31)(H,29,32)/t21-/m0/s1. The van der Waals surface area contributed by atoms with E-state index in [1.165, 1.54) is 5.56 Å². The van der Waals surface area contributed by atoms with Gasteiger partial charge in [0.2, 0.25) is 5.91 Å². The smallest absolute Gasteiger partial charge is 0.269 e. The lowest BCUT2D eigenvalue weighted by Gasteiger charge is -2.12. The molecule has 0 aliphatic carbocycles. The third-order valence-electron chi connectivity index (χ3n) is 5.39. The molecule has 0 fully saturated rings. The Bertz CT molecular complexity index is 1080. The summed E-state index contributed by atoms with van der Waals surface area (Å²) in [4.78, 5) is 32.1. The van der Waals surface area contributed by atoms with Crippen LogP contribution in [0, 0.1) is 6.92 Å². The first-order valence-corrected chi connectivity index (χ1v) is 10.9. The second-order valence-corrected chi connectivity index (χ2v) is 7.93. The van der Waals surface area contributed by atoms with Gasteiger partial charge in [-0.3, -0.25) is 14.6 Å². The normalized spacial score (nSPS) is 11.8. The first-order chi connectivity index (χ1) is 15.4. The molecule has 3 aromatic rings. The molecule has 168 valence electrons. The zero-order chi connectivity index (χ0) is 22.9. The molecule has 0 saturated carbocycles. The first-order valence-electron chi connectivity index (χ1n) is 10.9. The third-order valence-corrected chi connectivity index (χ3v) is 5.39. The van der Waals surface area contributed by atoms with Crippen molar-refractivity contribution in [1.29, 1.82) is 0 Å². The molecule has 0 aliphatic rings. The molecule has 3 rings (SSSR count). The van der Waals surface area contributed by atoms with Crippen molar-refractivity contribution in [2.75, 3.05) is 6.54 Å². The minimum absolute atomic E-state index is 0.172. The number of carbonyl (C=O) groups is 1. The van der Waals surface area contributed by atoms with Gasteiger partial charge in [-0.1, -0.05) is 42.5 Å². The van der Waals surface area contributed by atoms with Crippen LogP contribution < -0.4 is 16.6 Å². The van der Waals surface area contributed by atoms with Gasteiger partial charge < -0.3 is 21.1 Å². The summed E-state index contributed by atoms with van der Waals surface area (Å²) in [5, 5.41) is 12.1. The number of aromatic hydroxyl groups is 1. The van der Waals surface area contributed by atoms with Gasteiger partial charge in [-0.15, -0.1) is 0 Å². The highest BCUT2D eigenvalue weighted by Crippen LogP contribution is 2.11. The van der Waals surface area contributed by atoms with Crippen LogP contribution in [0.4, 0.5) is 0 Å². The molecular formula is C25H30N4O3. The molecule has 7 heteroatoms. The number of amides is 1. The molecule has 0 spiro atoms. The molecule has 1 amide bonds. The fourth-order valence-corrected chi connectivity index (χ4v) is 3.52. The predicted octanol–water partition coefficient (Wildman–Crippen LogP) is 2.19. The summed E-state index contributed by atoms with van der Waals surface area (Å²) in [6.07, 6.45) is 3.03. The average Bonchev–Trinajstić information content (AvgIpc) is 2.79. The van der Waals surface area contributed by atoms with Gasteiger partial charge in [0, 0.05) is 12.2 Å². The zero-order valence-corrected chi connectivity index (χ0v) is 18.3. The molecule has 1 aromatic heterocycles. The number of aryl methyl sites for hydroxylation is 4. The van der Waals surface area contributed by atoms with E-state index in [0.29, 0.717) is 31.5 Å². The van der Waals surface area contributed by atoms with Crippen molar-refractivity contribution in [2.45, 2.75) is 45.1 Å². The molecule has 0 saturated heterocycles. The Kier molecular flexibility index (Phi) is 8.16. The van der Waals surface area contributed by atoms with Gasteiger partial charge in [0.05, 0.1) is 11.7 Å². The van der Waals surface area contributed by atoms with Crippen LogP contribution in [0.15, 0.2) is 59.4 Å². The van der Waals surface area contributed by atoms with E-state index in [0.717, 1.165) is 29.8 Å². The van der Waals surface area contributed by atoms with E-state index in [2.05, 4.69) is 27.4 Å². The number of rotatable bonds is 10. The number of hydrogen-bond acceptors (Lipinski definition) is 5. The Hall–Kier alpha value is -3.45. The Morgan fingerprint density at radius 3 is 2.50 bits per heavy atom. The monoisotopic (exact) mass is 434 g/mol. The number of H-pyrrole nitrogens is 1. The van der Waals surface area contributed by atoms with Gasteiger partial charge in [0.25, 0.3) is 5.56 Å². The zero-order valence-electron chi connectivity index (χ0n) is 18.3. The number of aromatic amines is 1. The number of aromatic nitrogens is 2. The maximum absolute atomic E-state index is 12.4. The lowest BCUT2D eigenvalue weighted by Crippen LogP contribution is -2.42. The quantitative estimate of drug-likeness (QED) is 0.365. The van der Waals surface area contributed by atoms with E-state index in [4.69, 9.17) is 5.73 Å². The molecule has 0 bridgehead atoms. The maximum Gasteiger partial charge on any atom is 0.269 e. The van der Waals surface area contributed by atoms with Gasteiger partial charge >= 0.3 is 0 Å². The molecule has 0 radical (unpaired) electrons. The third kappa shape index (κ3) is 6.78. The summed E-state index contributed by atoms with van der Waals surface area (Å²) in [6.45, 7) is 2.32. The van der Waals surface area contributed by atoms with Gasteiger partial charge in [0.15, 0.2) is 0 Å². The summed E-state index contributed by atoms with van der Waals surface area (Å²) < 4.78 is 0. The van der Waals surface area contributed by atoms with Gasteiger partial charge in [-0.25, -0.2) is 0 Å². The van der Waals surface area contributed by atoms with Crippen molar-refractivity contribution in [3.63, 3.8) is 0 Å². The highest BCUT2D eigenvalue weighted by Gasteiger charge is 2.14. The molecule has 32 heavy (non-hydrogen) atoms. The molecule has 0 unspecified atom stereocenters. The van der Waals surface area contributed by atoms with Crippen LogP contribution in [-0.4, -0.2) is 33.6 Å². The van der Waals surface area contributed by atoms with E-state index in [1.807, 2.05) is 25.1 Å². The summed E-state index contributed by atoms with van der Waals surface area (Å²) in [7, 11) is 0. The lowest BCUT2D eigenvalue weighted by molar-refractivity contribution is -0.122. The van der Waals surface area contributed by atoms with Gasteiger partial charge in [-0.2, -0.15) is 0 Å². The summed E-state index contributed by atoms with van der Waals surface area (Å²) >= 11 is 0. The SMILES string of the molecule is Cc1nc(CCCNC(=O)[C@@H](N)Cc2ccc(O)cc2)c(=O)[nH]c1CCc1ccccc1. The summed E-state index contributed by atoms with van der Waals surface area (Å²) in [6, 6.07) is 16.1. The summed E-state index contributed by atoms with van der Waals surface area (Å²) in [5.74, 6) is -0.0674. The van der Waals surface area contributed by atoms with Crippen molar-refractivity contribution < 1.29 is 9.90 Å². The van der Waals surface area contributed by atoms with Crippen LogP contribution in [0.2, 0.25) is 0 Å². The number of phenolic OH excluding ortho intramolecular Hbond substituents is 1. The molecule has 0 aliphatic heterocycles. The fourth-order valence-electron chi connectivity index (χ4n) is 3.52. The number of phenols is 1. The molecule has 1 atom stereocenters. The highest BCUT2D eigenvalue weighted by molar-refractivity contribution is 5.81. The molecule has 2 aromatic carbocycles. The van der Waals surface area contributed by atoms with Crippen molar-refractivity contribution >= 4 is 5.91 Å². The van der Waals surface area contributed by atoms with Crippen molar-refractivity contribution in [1.82, 2.24) is 15.3 Å². The number of nitrogens with zero attached hydrogens (tertiary/aromatic N) is 1. The number of nitrogens with two attached hydrogens (primary N) is 1. The largest absolute Gasteiger partial charge is 0.508 e. The Labute approximate surface area is 187 Å². The highest BCUT2D eigenvalue weighted by atomic mass is 16.3. The van der Waals surface area contributed by atoms with Crippen LogP contribution in [0.1, 0.15) is 34.6 Å². The van der Waals surface area contributed by atoms with E-state index in [1.54, 1.807) is 24.3 Å². The summed E-state index contributed by atoms with van der Waals surface area (Å²) in [5.41, 5.74) is 10.1. The molecule has 5 N–H and O–H groups in total. The van der Waals surface area contributed by atoms with Crippen LogP contribution in [0.5, 0.6) is 5.75 Å². The predicted molar refractivity (Wildman–Crippen MR) is 125 cm³/mol. The Morgan fingerprint density at radius 1 is 1.06 bits per heavy atom. The molecular weight excluding hydrogens is 404 g/mol. The lowest BCUT2D eigenvalue weighted by atomic mass is 10.1. The van der Waals surface area contributed by atoms with Crippen LogP contribution in [-0.2, 0) is 30.5 Å². The number of hydrogen-bond donors (Lipinski definition) is 4. The Balaban J connectivity index is 1.45. The van der Waals surface area contributed by atoms with E-state index >= 15 is 0 Å². The van der Waals surface area contributed by atoms with Crippen LogP contribution in [0.25, 0.3) is 0 Å². The van der Waals surface area contributed by atoms with Crippen molar-refractivity contribution in [2.24, 2.45) is 5.73 Å². The Morgan fingerprint density at radius 2 is 1.78 bits per heavy atom. The minimum Gasteiger partial charge on any atom is -0.508 e.